The topological polar surface area (TPSA) is 67.1 Å². The Labute approximate surface area is 176 Å². The van der Waals surface area contributed by atoms with Crippen molar-refractivity contribution in [2.45, 2.75) is 45.2 Å². The van der Waals surface area contributed by atoms with Gasteiger partial charge in [0.25, 0.3) is 0 Å². The first-order valence-corrected chi connectivity index (χ1v) is 9.26. The summed E-state index contributed by atoms with van der Waals surface area (Å²) in [6.07, 6.45) is 3.76. The van der Waals surface area contributed by atoms with E-state index in [2.05, 4.69) is 56.4 Å². The van der Waals surface area contributed by atoms with E-state index in [9.17, 15) is 0 Å². The molecule has 0 spiro atoms. The third-order valence-corrected chi connectivity index (χ3v) is 4.59. The molecule has 0 saturated heterocycles. The zero-order chi connectivity index (χ0) is 17.6. The Balaban J connectivity index is 0.00000243. The van der Waals surface area contributed by atoms with Crippen molar-refractivity contribution in [2.75, 3.05) is 13.1 Å². The molecule has 0 amide bonds. The molecule has 1 aliphatic carbocycles. The number of benzene rings is 1. The first-order valence-electron chi connectivity index (χ1n) is 8.88. The quantitative estimate of drug-likeness (QED) is 0.357. The third kappa shape index (κ3) is 5.57. The van der Waals surface area contributed by atoms with Crippen LogP contribution in [0.5, 0.6) is 0 Å². The van der Waals surface area contributed by atoms with Gasteiger partial charge in [-0.1, -0.05) is 30.7 Å². The molecule has 1 aliphatic rings. The van der Waals surface area contributed by atoms with Gasteiger partial charge in [0, 0.05) is 36.5 Å². The predicted octanol–water partition coefficient (Wildman–Crippen LogP) is 3.22. The number of hydrogen-bond donors (Lipinski definition) is 2. The first kappa shape index (κ1) is 21.0. The zero-order valence-electron chi connectivity index (χ0n) is 15.2. The lowest BCUT2D eigenvalue weighted by Gasteiger charge is -2.12. The second-order valence-electron chi connectivity index (χ2n) is 6.20. The number of halogens is 2. The molecule has 1 saturated carbocycles. The second-order valence-corrected chi connectivity index (χ2v) is 6.64. The molecular weight excluding hydrogens is 463 g/mol. The molecule has 2 atom stereocenters. The molecule has 0 bridgehead atoms. The van der Waals surface area contributed by atoms with Gasteiger partial charge in [-0.2, -0.15) is 0 Å². The molecule has 0 aliphatic heterocycles. The van der Waals surface area contributed by atoms with Gasteiger partial charge in [0.05, 0.1) is 6.54 Å². The maximum atomic E-state index is 6.09. The Morgan fingerprint density at radius 2 is 2.23 bits per heavy atom. The van der Waals surface area contributed by atoms with E-state index in [0.29, 0.717) is 18.5 Å². The summed E-state index contributed by atoms with van der Waals surface area (Å²) in [6.45, 7) is 6.48. The van der Waals surface area contributed by atoms with Crippen LogP contribution in [0.2, 0.25) is 5.02 Å². The monoisotopic (exact) mass is 488 g/mol. The summed E-state index contributed by atoms with van der Waals surface area (Å²) in [5.74, 6) is 2.37. The smallest absolute Gasteiger partial charge is 0.191 e. The number of aliphatic imine (C=N–C) groups is 1. The molecule has 1 heterocycles. The standard InChI is InChI=1S/C18H25ClN6.HI/c1-3-17-24-22-12-25(17)9-8-21-18(20-4-2)23-16-11-15(16)13-6-5-7-14(19)10-13;/h5-7,10,12,15-16H,3-4,8-9,11H2,1-2H3,(H2,20,21,23);1H. The number of aromatic nitrogens is 3. The van der Waals surface area contributed by atoms with E-state index in [1.807, 2.05) is 12.1 Å². The van der Waals surface area contributed by atoms with Crippen molar-refractivity contribution < 1.29 is 0 Å². The van der Waals surface area contributed by atoms with Crippen LogP contribution in [0, 0.1) is 0 Å². The minimum atomic E-state index is 0. The summed E-state index contributed by atoms with van der Waals surface area (Å²) in [5.41, 5.74) is 1.29. The number of guanidine groups is 1. The van der Waals surface area contributed by atoms with Crippen LogP contribution in [0.25, 0.3) is 0 Å². The molecule has 0 radical (unpaired) electrons. The Bertz CT molecular complexity index is 732. The van der Waals surface area contributed by atoms with Crippen molar-refractivity contribution in [1.82, 2.24) is 25.4 Å². The Morgan fingerprint density at radius 3 is 2.96 bits per heavy atom. The van der Waals surface area contributed by atoms with Gasteiger partial charge in [-0.15, -0.1) is 34.2 Å². The normalized spacial score (nSPS) is 19.0. The Morgan fingerprint density at radius 1 is 1.38 bits per heavy atom. The molecular formula is C18H26ClIN6. The summed E-state index contributed by atoms with van der Waals surface area (Å²) < 4.78 is 2.05. The number of rotatable bonds is 7. The average Bonchev–Trinajstić information content (AvgIpc) is 3.22. The molecule has 1 aromatic carbocycles. The SMILES string of the molecule is CCNC(=NCCn1cnnc1CC)NC1CC1c1cccc(Cl)c1.I. The predicted molar refractivity (Wildman–Crippen MR) is 117 cm³/mol. The van der Waals surface area contributed by atoms with Crippen LogP contribution < -0.4 is 10.6 Å². The van der Waals surface area contributed by atoms with Gasteiger partial charge in [0.15, 0.2) is 5.96 Å². The van der Waals surface area contributed by atoms with Crippen molar-refractivity contribution in [3.63, 3.8) is 0 Å². The van der Waals surface area contributed by atoms with Crippen LogP contribution in [-0.2, 0) is 13.0 Å². The highest BCUT2D eigenvalue weighted by molar-refractivity contribution is 14.0. The van der Waals surface area contributed by atoms with Crippen LogP contribution >= 0.6 is 35.6 Å². The lowest BCUT2D eigenvalue weighted by molar-refractivity contribution is 0.660. The molecule has 26 heavy (non-hydrogen) atoms. The van der Waals surface area contributed by atoms with E-state index in [1.165, 1.54) is 5.56 Å². The lowest BCUT2D eigenvalue weighted by atomic mass is 10.1. The molecule has 2 aromatic rings. The van der Waals surface area contributed by atoms with Gasteiger partial charge in [0.2, 0.25) is 0 Å². The van der Waals surface area contributed by atoms with E-state index in [1.54, 1.807) is 6.33 Å². The number of hydrogen-bond acceptors (Lipinski definition) is 3. The number of aryl methyl sites for hydroxylation is 1. The van der Waals surface area contributed by atoms with Crippen molar-refractivity contribution >= 4 is 41.5 Å². The van der Waals surface area contributed by atoms with Crippen LogP contribution in [0.1, 0.15) is 37.6 Å². The summed E-state index contributed by atoms with van der Waals surface area (Å²) in [5, 5.41) is 15.7. The molecule has 2 unspecified atom stereocenters. The molecule has 3 rings (SSSR count). The summed E-state index contributed by atoms with van der Waals surface area (Å²) in [4.78, 5) is 4.68. The van der Waals surface area contributed by atoms with E-state index < -0.39 is 0 Å². The highest BCUT2D eigenvalue weighted by Crippen LogP contribution is 2.41. The Kier molecular flexibility index (Phi) is 8.15. The fourth-order valence-electron chi connectivity index (χ4n) is 2.96. The Hall–Kier alpha value is -1.35. The first-order chi connectivity index (χ1) is 12.2. The molecule has 142 valence electrons. The fourth-order valence-corrected chi connectivity index (χ4v) is 3.16. The third-order valence-electron chi connectivity index (χ3n) is 4.36. The van der Waals surface area contributed by atoms with Gasteiger partial charge in [-0.25, -0.2) is 0 Å². The number of nitrogens with zero attached hydrogens (tertiary/aromatic N) is 4. The van der Waals surface area contributed by atoms with Crippen molar-refractivity contribution in [3.8, 4) is 0 Å². The van der Waals surface area contributed by atoms with E-state index in [-0.39, 0.29) is 24.0 Å². The molecule has 6 nitrogen and oxygen atoms in total. The van der Waals surface area contributed by atoms with E-state index >= 15 is 0 Å². The molecule has 1 fully saturated rings. The fraction of sp³-hybridized carbons (Fsp3) is 0.500. The van der Waals surface area contributed by atoms with Crippen molar-refractivity contribution in [1.29, 1.82) is 0 Å². The summed E-state index contributed by atoms with van der Waals surface area (Å²) >= 11 is 6.09. The molecule has 1 aromatic heterocycles. The number of nitrogens with one attached hydrogen (secondary N) is 2. The molecule has 2 N–H and O–H groups in total. The average molecular weight is 489 g/mol. The highest BCUT2D eigenvalue weighted by Gasteiger charge is 2.39. The maximum Gasteiger partial charge on any atom is 0.191 e. The molecule has 8 heteroatoms. The maximum absolute atomic E-state index is 6.09. The minimum Gasteiger partial charge on any atom is -0.357 e. The van der Waals surface area contributed by atoms with Gasteiger partial charge >= 0.3 is 0 Å². The van der Waals surface area contributed by atoms with Gasteiger partial charge in [0.1, 0.15) is 12.2 Å². The van der Waals surface area contributed by atoms with Gasteiger partial charge < -0.3 is 15.2 Å². The zero-order valence-corrected chi connectivity index (χ0v) is 18.2. The van der Waals surface area contributed by atoms with Crippen LogP contribution in [0.15, 0.2) is 35.6 Å². The van der Waals surface area contributed by atoms with Gasteiger partial charge in [-0.3, -0.25) is 4.99 Å². The van der Waals surface area contributed by atoms with E-state index in [4.69, 9.17) is 11.6 Å². The highest BCUT2D eigenvalue weighted by atomic mass is 127. The van der Waals surface area contributed by atoms with Gasteiger partial charge in [-0.05, 0) is 31.0 Å². The minimum absolute atomic E-state index is 0. The van der Waals surface area contributed by atoms with Crippen LogP contribution in [0.3, 0.4) is 0 Å². The van der Waals surface area contributed by atoms with Crippen LogP contribution in [0.4, 0.5) is 0 Å². The second kappa shape index (κ2) is 10.1. The van der Waals surface area contributed by atoms with Crippen LogP contribution in [-0.4, -0.2) is 39.9 Å². The van der Waals surface area contributed by atoms with Crippen molar-refractivity contribution in [3.05, 3.63) is 47.0 Å². The summed E-state index contributed by atoms with van der Waals surface area (Å²) in [7, 11) is 0. The van der Waals surface area contributed by atoms with E-state index in [0.717, 1.165) is 42.7 Å². The van der Waals surface area contributed by atoms with Crippen molar-refractivity contribution in [2.24, 2.45) is 4.99 Å². The summed E-state index contributed by atoms with van der Waals surface area (Å²) in [6, 6.07) is 8.53. The lowest BCUT2D eigenvalue weighted by Crippen LogP contribution is -2.39. The largest absolute Gasteiger partial charge is 0.357 e.